The molecule has 0 radical (unpaired) electrons. The first-order chi connectivity index (χ1) is 6.66. The molecule has 1 aliphatic rings. The van der Waals surface area contributed by atoms with Gasteiger partial charge in [0.25, 0.3) is 0 Å². The van der Waals surface area contributed by atoms with Gasteiger partial charge in [-0.3, -0.25) is 0 Å². The Bertz CT molecular complexity index is 339. The largest absolute Gasteiger partial charge is 0.358 e. The Morgan fingerprint density at radius 3 is 2.86 bits per heavy atom. The summed E-state index contributed by atoms with van der Waals surface area (Å²) >= 11 is 11.7. The van der Waals surface area contributed by atoms with Gasteiger partial charge in [-0.25, -0.2) is 4.98 Å². The van der Waals surface area contributed by atoms with Gasteiger partial charge in [0.15, 0.2) is 5.82 Å². The average molecular weight is 232 g/mol. The van der Waals surface area contributed by atoms with Gasteiger partial charge in [0.1, 0.15) is 5.02 Å². The zero-order valence-electron chi connectivity index (χ0n) is 7.87. The molecule has 0 unspecified atom stereocenters. The summed E-state index contributed by atoms with van der Waals surface area (Å²) in [6.07, 6.45) is 4.15. The van der Waals surface area contributed by atoms with Gasteiger partial charge in [0.05, 0.1) is 6.20 Å². The highest BCUT2D eigenvalue weighted by Gasteiger charge is 2.24. The van der Waals surface area contributed by atoms with Gasteiger partial charge in [-0.05, 0) is 30.4 Å². The highest BCUT2D eigenvalue weighted by atomic mass is 35.5. The van der Waals surface area contributed by atoms with Gasteiger partial charge in [-0.2, -0.15) is 4.98 Å². The quantitative estimate of drug-likeness (QED) is 0.750. The van der Waals surface area contributed by atoms with Crippen molar-refractivity contribution in [1.29, 1.82) is 0 Å². The molecule has 3 nitrogen and oxygen atoms in total. The van der Waals surface area contributed by atoms with Crippen LogP contribution in [0.4, 0.5) is 5.82 Å². The molecule has 0 atom stereocenters. The molecule has 0 amide bonds. The molecule has 1 aromatic heterocycles. The molecule has 2 rings (SSSR count). The summed E-state index contributed by atoms with van der Waals surface area (Å²) in [5, 5.41) is 0.796. The van der Waals surface area contributed by atoms with Crippen LogP contribution >= 0.6 is 23.2 Å². The first-order valence-electron chi connectivity index (χ1n) is 4.56. The van der Waals surface area contributed by atoms with Crippen molar-refractivity contribution in [1.82, 2.24) is 9.97 Å². The maximum atomic E-state index is 5.97. The Morgan fingerprint density at radius 2 is 2.21 bits per heavy atom. The standard InChI is InChI=1S/C9H11Cl2N3/c1-14(5-6-2-3-6)8-7(10)4-12-9(11)13-8/h4,6H,2-3,5H2,1H3. The lowest BCUT2D eigenvalue weighted by Crippen LogP contribution is -2.21. The highest BCUT2D eigenvalue weighted by Crippen LogP contribution is 2.32. The number of aromatic nitrogens is 2. The predicted molar refractivity (Wildman–Crippen MR) is 58.0 cm³/mol. The number of nitrogens with zero attached hydrogens (tertiary/aromatic N) is 3. The lowest BCUT2D eigenvalue weighted by molar-refractivity contribution is 0.775. The van der Waals surface area contributed by atoms with Crippen LogP contribution in [0.15, 0.2) is 6.20 Å². The van der Waals surface area contributed by atoms with E-state index in [9.17, 15) is 0 Å². The fourth-order valence-corrected chi connectivity index (χ4v) is 1.74. The molecule has 1 saturated carbocycles. The summed E-state index contributed by atoms with van der Waals surface area (Å²) in [4.78, 5) is 9.95. The van der Waals surface area contributed by atoms with Gasteiger partial charge in [0, 0.05) is 13.6 Å². The lowest BCUT2D eigenvalue weighted by atomic mass is 10.4. The van der Waals surface area contributed by atoms with E-state index < -0.39 is 0 Å². The number of hydrogen-bond donors (Lipinski definition) is 0. The second-order valence-electron chi connectivity index (χ2n) is 3.63. The third kappa shape index (κ3) is 2.28. The topological polar surface area (TPSA) is 29.0 Å². The van der Waals surface area contributed by atoms with Crippen LogP contribution in [0.1, 0.15) is 12.8 Å². The SMILES string of the molecule is CN(CC1CC1)c1nc(Cl)ncc1Cl. The summed E-state index contributed by atoms with van der Waals surface area (Å²) in [5.74, 6) is 1.52. The summed E-state index contributed by atoms with van der Waals surface area (Å²) < 4.78 is 0. The summed E-state index contributed by atoms with van der Waals surface area (Å²) in [5.41, 5.74) is 0. The molecule has 0 spiro atoms. The fourth-order valence-electron chi connectivity index (χ4n) is 1.38. The molecular formula is C9H11Cl2N3. The van der Waals surface area contributed by atoms with Gasteiger partial charge >= 0.3 is 0 Å². The smallest absolute Gasteiger partial charge is 0.224 e. The highest BCUT2D eigenvalue weighted by molar-refractivity contribution is 6.33. The third-order valence-corrected chi connectivity index (χ3v) is 2.74. The van der Waals surface area contributed by atoms with Crippen molar-refractivity contribution in [2.45, 2.75) is 12.8 Å². The molecule has 76 valence electrons. The molecule has 0 aromatic carbocycles. The maximum Gasteiger partial charge on any atom is 0.224 e. The minimum atomic E-state index is 0.243. The first kappa shape index (κ1) is 9.99. The zero-order chi connectivity index (χ0) is 10.1. The monoisotopic (exact) mass is 231 g/mol. The van der Waals surface area contributed by atoms with E-state index in [-0.39, 0.29) is 5.28 Å². The summed E-state index contributed by atoms with van der Waals surface area (Å²) in [7, 11) is 1.98. The molecular weight excluding hydrogens is 221 g/mol. The predicted octanol–water partition coefficient (Wildman–Crippen LogP) is 2.63. The Morgan fingerprint density at radius 1 is 1.50 bits per heavy atom. The van der Waals surface area contributed by atoms with E-state index in [0.29, 0.717) is 5.02 Å². The molecule has 0 aliphatic heterocycles. The van der Waals surface area contributed by atoms with Crippen LogP contribution in [-0.2, 0) is 0 Å². The number of hydrogen-bond acceptors (Lipinski definition) is 3. The molecule has 0 N–H and O–H groups in total. The number of anilines is 1. The Hall–Kier alpha value is -0.540. The van der Waals surface area contributed by atoms with Gasteiger partial charge in [0.2, 0.25) is 5.28 Å². The van der Waals surface area contributed by atoms with E-state index in [1.54, 1.807) is 0 Å². The molecule has 1 fully saturated rings. The minimum absolute atomic E-state index is 0.243. The first-order valence-corrected chi connectivity index (χ1v) is 5.31. The van der Waals surface area contributed by atoms with Gasteiger partial charge < -0.3 is 4.90 Å². The minimum Gasteiger partial charge on any atom is -0.358 e. The van der Waals surface area contributed by atoms with Crippen LogP contribution in [0, 0.1) is 5.92 Å². The Labute approximate surface area is 93.1 Å². The third-order valence-electron chi connectivity index (χ3n) is 2.29. The van der Waals surface area contributed by atoms with Crippen LogP contribution in [0.2, 0.25) is 10.3 Å². The van der Waals surface area contributed by atoms with Crippen molar-refractivity contribution in [2.24, 2.45) is 5.92 Å². The number of halogens is 2. The van der Waals surface area contributed by atoms with E-state index in [1.165, 1.54) is 19.0 Å². The summed E-state index contributed by atoms with van der Waals surface area (Å²) in [6.45, 7) is 0.993. The lowest BCUT2D eigenvalue weighted by Gasteiger charge is -2.18. The Balaban J connectivity index is 2.15. The van der Waals surface area contributed by atoms with Gasteiger partial charge in [-0.1, -0.05) is 11.6 Å². The molecule has 0 bridgehead atoms. The normalized spacial score (nSPS) is 15.6. The zero-order valence-corrected chi connectivity index (χ0v) is 9.39. The number of rotatable bonds is 3. The van der Waals surface area contributed by atoms with Crippen molar-refractivity contribution in [2.75, 3.05) is 18.5 Å². The second-order valence-corrected chi connectivity index (χ2v) is 4.38. The van der Waals surface area contributed by atoms with E-state index in [0.717, 1.165) is 18.3 Å². The molecule has 0 saturated heterocycles. The fraction of sp³-hybridized carbons (Fsp3) is 0.556. The van der Waals surface area contributed by atoms with Crippen molar-refractivity contribution >= 4 is 29.0 Å². The van der Waals surface area contributed by atoms with Crippen LogP contribution in [0.3, 0.4) is 0 Å². The van der Waals surface area contributed by atoms with E-state index in [4.69, 9.17) is 23.2 Å². The van der Waals surface area contributed by atoms with Crippen molar-refractivity contribution in [3.8, 4) is 0 Å². The Kier molecular flexibility index (Phi) is 2.79. The van der Waals surface area contributed by atoms with E-state index in [1.807, 2.05) is 11.9 Å². The van der Waals surface area contributed by atoms with Crippen LogP contribution in [-0.4, -0.2) is 23.6 Å². The maximum absolute atomic E-state index is 5.97. The second kappa shape index (κ2) is 3.91. The van der Waals surface area contributed by atoms with Crippen LogP contribution < -0.4 is 4.90 Å². The summed E-state index contributed by atoms with van der Waals surface area (Å²) in [6, 6.07) is 0. The molecule has 14 heavy (non-hydrogen) atoms. The van der Waals surface area contributed by atoms with Crippen molar-refractivity contribution in [3.05, 3.63) is 16.5 Å². The average Bonchev–Trinajstić information content (AvgIpc) is 2.93. The van der Waals surface area contributed by atoms with E-state index in [2.05, 4.69) is 9.97 Å². The van der Waals surface area contributed by atoms with Crippen molar-refractivity contribution < 1.29 is 0 Å². The van der Waals surface area contributed by atoms with E-state index >= 15 is 0 Å². The van der Waals surface area contributed by atoms with Gasteiger partial charge in [-0.15, -0.1) is 0 Å². The molecule has 1 aliphatic carbocycles. The van der Waals surface area contributed by atoms with Crippen molar-refractivity contribution in [3.63, 3.8) is 0 Å². The molecule has 1 aromatic rings. The van der Waals surface area contributed by atoms with Crippen LogP contribution in [0.25, 0.3) is 0 Å². The molecule has 5 heteroatoms. The molecule has 1 heterocycles. The van der Waals surface area contributed by atoms with Crippen LogP contribution in [0.5, 0.6) is 0 Å².